The van der Waals surface area contributed by atoms with Crippen LogP contribution in [0.15, 0.2) is 59.2 Å². The molecule has 0 unspecified atom stereocenters. The van der Waals surface area contributed by atoms with Crippen LogP contribution in [0.3, 0.4) is 0 Å². The highest BCUT2D eigenvalue weighted by molar-refractivity contribution is 8.22. The van der Waals surface area contributed by atoms with Crippen molar-refractivity contribution in [3.63, 3.8) is 0 Å². The molecule has 1 aromatic carbocycles. The van der Waals surface area contributed by atoms with Crippen LogP contribution < -0.4 is 0 Å². The first-order valence-electron chi connectivity index (χ1n) is 5.88. The Morgan fingerprint density at radius 3 is 2.79 bits per heavy atom. The van der Waals surface area contributed by atoms with Gasteiger partial charge < -0.3 is 9.15 Å². The Morgan fingerprint density at radius 1 is 1.21 bits per heavy atom. The summed E-state index contributed by atoms with van der Waals surface area (Å²) in [5.74, 6) is 1.58. The summed E-state index contributed by atoms with van der Waals surface area (Å²) in [5.41, 5.74) is 1.19. The molecule has 0 aliphatic carbocycles. The molecule has 0 amide bonds. The Kier molecular flexibility index (Phi) is 5.72. The number of hydrogen-bond acceptors (Lipinski definition) is 4. The maximum Gasteiger partial charge on any atom is 0.220 e. The number of ether oxygens (including phenoxy) is 1. The highest BCUT2D eigenvalue weighted by Gasteiger charge is 2.00. The average Bonchev–Trinajstić information content (AvgIpc) is 2.96. The molecule has 0 bridgehead atoms. The maximum atomic E-state index is 5.41. The van der Waals surface area contributed by atoms with Gasteiger partial charge in [-0.15, -0.1) is 0 Å². The third kappa shape index (κ3) is 5.32. The van der Waals surface area contributed by atoms with E-state index in [0.29, 0.717) is 11.0 Å². The molecule has 1 aromatic heterocycles. The van der Waals surface area contributed by atoms with Gasteiger partial charge in [-0.25, -0.2) is 0 Å². The first-order valence-corrected chi connectivity index (χ1v) is 7.27. The van der Waals surface area contributed by atoms with Crippen LogP contribution in [0.4, 0.5) is 0 Å². The van der Waals surface area contributed by atoms with Crippen LogP contribution in [0.1, 0.15) is 11.3 Å². The van der Waals surface area contributed by atoms with Crippen LogP contribution in [-0.4, -0.2) is 10.1 Å². The summed E-state index contributed by atoms with van der Waals surface area (Å²) in [6.45, 7) is 0.390. The number of benzene rings is 1. The Bertz CT molecular complexity index is 518. The molecule has 2 rings (SSSR count). The van der Waals surface area contributed by atoms with E-state index >= 15 is 0 Å². The lowest BCUT2D eigenvalue weighted by atomic mass is 10.2. The molecule has 4 heteroatoms. The minimum atomic E-state index is 0.390. The number of thioether (sulfide) groups is 1. The third-order valence-corrected chi connectivity index (χ3v) is 3.50. The van der Waals surface area contributed by atoms with Crippen LogP contribution >= 0.6 is 24.0 Å². The van der Waals surface area contributed by atoms with E-state index in [0.717, 1.165) is 11.5 Å². The van der Waals surface area contributed by atoms with Gasteiger partial charge in [-0.2, -0.15) is 0 Å². The number of hydrogen-bond donors (Lipinski definition) is 0. The van der Waals surface area contributed by atoms with Gasteiger partial charge in [-0.05, 0) is 29.9 Å². The highest BCUT2D eigenvalue weighted by atomic mass is 32.2. The van der Waals surface area contributed by atoms with Gasteiger partial charge in [0.15, 0.2) is 0 Å². The second kappa shape index (κ2) is 7.81. The maximum absolute atomic E-state index is 5.41. The van der Waals surface area contributed by atoms with Crippen molar-refractivity contribution < 1.29 is 9.15 Å². The quantitative estimate of drug-likeness (QED) is 0.755. The summed E-state index contributed by atoms with van der Waals surface area (Å²) >= 11 is 6.62. The van der Waals surface area contributed by atoms with Crippen molar-refractivity contribution in [2.45, 2.75) is 6.61 Å². The molecule has 0 atom stereocenters. The first kappa shape index (κ1) is 13.9. The Morgan fingerprint density at radius 2 is 2.05 bits per heavy atom. The fourth-order valence-electron chi connectivity index (χ4n) is 1.43. The smallest absolute Gasteiger partial charge is 0.220 e. The van der Waals surface area contributed by atoms with E-state index < -0.39 is 0 Å². The van der Waals surface area contributed by atoms with Crippen molar-refractivity contribution in [1.29, 1.82) is 0 Å². The molecule has 0 aliphatic rings. The van der Waals surface area contributed by atoms with Gasteiger partial charge in [-0.1, -0.05) is 54.2 Å². The minimum Gasteiger partial charge on any atom is -0.470 e. The van der Waals surface area contributed by atoms with Gasteiger partial charge >= 0.3 is 0 Å². The van der Waals surface area contributed by atoms with E-state index in [1.54, 1.807) is 6.26 Å². The zero-order valence-electron chi connectivity index (χ0n) is 10.3. The molecule has 0 radical (unpaired) electrons. The van der Waals surface area contributed by atoms with Crippen LogP contribution in [0.2, 0.25) is 0 Å². The Labute approximate surface area is 122 Å². The predicted molar refractivity (Wildman–Crippen MR) is 84.0 cm³/mol. The second-order valence-electron chi connectivity index (χ2n) is 3.74. The van der Waals surface area contributed by atoms with Crippen molar-refractivity contribution in [1.82, 2.24) is 0 Å². The molecule has 2 aromatic rings. The zero-order valence-corrected chi connectivity index (χ0v) is 12.0. The monoisotopic (exact) mass is 290 g/mol. The Hall–Kier alpha value is -1.52. The van der Waals surface area contributed by atoms with Crippen LogP contribution in [0.25, 0.3) is 6.08 Å². The normalized spacial score (nSPS) is 10.7. The van der Waals surface area contributed by atoms with Gasteiger partial charge in [0.2, 0.25) is 4.38 Å². The molecule has 0 saturated heterocycles. The Balaban J connectivity index is 1.65. The van der Waals surface area contributed by atoms with Crippen molar-refractivity contribution in [2.75, 3.05) is 5.75 Å². The number of thiocarbonyl (C=S) groups is 1. The molecule has 0 saturated carbocycles. The lowest BCUT2D eigenvalue weighted by molar-refractivity contribution is 0.272. The van der Waals surface area contributed by atoms with E-state index in [-0.39, 0.29) is 0 Å². The predicted octanol–water partition coefficient (Wildman–Crippen LogP) is 4.53. The molecular weight excluding hydrogens is 276 g/mol. The SMILES string of the molecule is S=C(OCc1ccco1)SC/C=C/c1ccccc1. The topological polar surface area (TPSA) is 22.4 Å². The van der Waals surface area contributed by atoms with Gasteiger partial charge in [0.25, 0.3) is 0 Å². The van der Waals surface area contributed by atoms with E-state index in [2.05, 4.69) is 24.3 Å². The highest BCUT2D eigenvalue weighted by Crippen LogP contribution is 2.11. The summed E-state index contributed by atoms with van der Waals surface area (Å²) in [6.07, 6.45) is 5.77. The second-order valence-corrected chi connectivity index (χ2v) is 5.36. The summed E-state index contributed by atoms with van der Waals surface area (Å²) in [5, 5.41) is 0. The van der Waals surface area contributed by atoms with Gasteiger partial charge in [0.05, 0.1) is 6.26 Å². The molecular formula is C15H14O2S2. The molecule has 0 aliphatic heterocycles. The molecule has 0 fully saturated rings. The van der Waals surface area contributed by atoms with Crippen LogP contribution in [0.5, 0.6) is 0 Å². The fraction of sp³-hybridized carbons (Fsp3) is 0.133. The standard InChI is InChI=1S/C15H14O2S2/c18-15(17-12-14-9-4-10-16-14)19-11-5-8-13-6-2-1-3-7-13/h1-10H,11-12H2/b8-5+. The van der Waals surface area contributed by atoms with Crippen molar-refractivity contribution in [3.8, 4) is 0 Å². The molecule has 0 spiro atoms. The van der Waals surface area contributed by atoms with Crippen molar-refractivity contribution in [2.24, 2.45) is 0 Å². The lowest BCUT2D eigenvalue weighted by Crippen LogP contribution is -1.97. The summed E-state index contributed by atoms with van der Waals surface area (Å²) in [7, 11) is 0. The zero-order chi connectivity index (χ0) is 13.3. The van der Waals surface area contributed by atoms with Gasteiger partial charge in [0, 0.05) is 5.75 Å². The fourth-order valence-corrected chi connectivity index (χ4v) is 2.16. The average molecular weight is 290 g/mol. The van der Waals surface area contributed by atoms with Crippen molar-refractivity contribution in [3.05, 3.63) is 66.1 Å². The molecule has 0 N–H and O–H groups in total. The number of furan rings is 1. The summed E-state index contributed by atoms with van der Waals surface area (Å²) in [6, 6.07) is 13.9. The summed E-state index contributed by atoms with van der Waals surface area (Å²) < 4.78 is 11.1. The van der Waals surface area contributed by atoms with E-state index in [4.69, 9.17) is 21.4 Å². The largest absolute Gasteiger partial charge is 0.470 e. The van der Waals surface area contributed by atoms with Crippen LogP contribution in [-0.2, 0) is 11.3 Å². The van der Waals surface area contributed by atoms with Gasteiger partial charge in [0.1, 0.15) is 12.4 Å². The minimum absolute atomic E-state index is 0.390. The lowest BCUT2D eigenvalue weighted by Gasteiger charge is -2.03. The molecule has 2 nitrogen and oxygen atoms in total. The third-order valence-electron chi connectivity index (χ3n) is 2.32. The first-order chi connectivity index (χ1) is 9.34. The molecule has 19 heavy (non-hydrogen) atoms. The van der Waals surface area contributed by atoms with Crippen molar-refractivity contribution >= 4 is 34.4 Å². The van der Waals surface area contributed by atoms with E-state index in [9.17, 15) is 0 Å². The van der Waals surface area contributed by atoms with Gasteiger partial charge in [-0.3, -0.25) is 0 Å². The van der Waals surface area contributed by atoms with E-state index in [1.807, 2.05) is 30.3 Å². The summed E-state index contributed by atoms with van der Waals surface area (Å²) in [4.78, 5) is 0. The van der Waals surface area contributed by atoms with E-state index in [1.165, 1.54) is 17.3 Å². The van der Waals surface area contributed by atoms with Crippen LogP contribution in [0, 0.1) is 0 Å². The number of rotatable bonds is 5. The molecule has 98 valence electrons. The molecule has 1 heterocycles.